The molecule has 6 nitrogen and oxygen atoms in total. The van der Waals surface area contributed by atoms with Crippen LogP contribution in [0.1, 0.15) is 65.1 Å². The molecule has 0 saturated heterocycles. The highest BCUT2D eigenvalue weighted by molar-refractivity contribution is 7.98. The Morgan fingerprint density at radius 2 is 1.88 bits per heavy atom. The van der Waals surface area contributed by atoms with Crippen LogP contribution in [-0.4, -0.2) is 21.2 Å². The van der Waals surface area contributed by atoms with Gasteiger partial charge in [0.05, 0.1) is 17.4 Å². The number of nitrogens with zero attached hydrogens (tertiary/aromatic N) is 1. The fourth-order valence-corrected chi connectivity index (χ4v) is 2.86. The molecule has 8 heteroatoms. The summed E-state index contributed by atoms with van der Waals surface area (Å²) in [5.41, 5.74) is -0.642. The van der Waals surface area contributed by atoms with Gasteiger partial charge in [-0.1, -0.05) is 11.9 Å². The van der Waals surface area contributed by atoms with Crippen LogP contribution in [0.4, 0.5) is 10.1 Å². The SMILES string of the molecule is Cc1cc([N+](=O)[O-])cc([C@H](CC(=O)OC(C)(C)C)NSC(C)(C)C)c1F. The highest BCUT2D eigenvalue weighted by Crippen LogP contribution is 2.32. The molecule has 1 N–H and O–H groups in total. The van der Waals surface area contributed by atoms with E-state index in [1.54, 1.807) is 20.8 Å². The number of nitro benzene ring substituents is 1. The summed E-state index contributed by atoms with van der Waals surface area (Å²) in [7, 11) is 0. The smallest absolute Gasteiger partial charge is 0.308 e. The van der Waals surface area contributed by atoms with Gasteiger partial charge in [-0.2, -0.15) is 0 Å². The van der Waals surface area contributed by atoms with Gasteiger partial charge in [0.15, 0.2) is 0 Å². The van der Waals surface area contributed by atoms with E-state index < -0.39 is 28.4 Å². The van der Waals surface area contributed by atoms with E-state index in [9.17, 15) is 19.3 Å². The molecule has 0 amide bonds. The topological polar surface area (TPSA) is 81.5 Å². The molecule has 0 bridgehead atoms. The van der Waals surface area contributed by atoms with E-state index in [0.29, 0.717) is 0 Å². The molecule has 1 aromatic rings. The fourth-order valence-electron chi connectivity index (χ4n) is 2.15. The van der Waals surface area contributed by atoms with Crippen molar-refractivity contribution >= 4 is 23.6 Å². The minimum atomic E-state index is -0.757. The Bertz CT molecular complexity index is 681. The molecule has 0 heterocycles. The lowest BCUT2D eigenvalue weighted by Gasteiger charge is -2.26. The van der Waals surface area contributed by atoms with Crippen molar-refractivity contribution in [3.8, 4) is 0 Å². The van der Waals surface area contributed by atoms with E-state index in [2.05, 4.69) is 4.72 Å². The van der Waals surface area contributed by atoms with Crippen molar-refractivity contribution in [1.82, 2.24) is 4.72 Å². The molecule has 0 aliphatic heterocycles. The number of aryl methyl sites for hydroxylation is 1. The molecule has 0 fully saturated rings. The van der Waals surface area contributed by atoms with Crippen LogP contribution in [0.15, 0.2) is 12.1 Å². The first-order chi connectivity index (χ1) is 11.7. The Balaban J connectivity index is 3.23. The molecule has 0 unspecified atom stereocenters. The number of nitro groups is 1. The minimum absolute atomic E-state index is 0.0827. The van der Waals surface area contributed by atoms with Crippen molar-refractivity contribution in [2.24, 2.45) is 0 Å². The molecule has 0 saturated carbocycles. The Kier molecular flexibility index (Phi) is 7.18. The molecule has 146 valence electrons. The number of benzene rings is 1. The lowest BCUT2D eigenvalue weighted by atomic mass is 10.0. The average Bonchev–Trinajstić information content (AvgIpc) is 2.43. The van der Waals surface area contributed by atoms with E-state index >= 15 is 0 Å². The van der Waals surface area contributed by atoms with Crippen LogP contribution in [0, 0.1) is 22.9 Å². The van der Waals surface area contributed by atoms with Crippen molar-refractivity contribution in [2.45, 2.75) is 71.3 Å². The molecule has 0 spiro atoms. The normalized spacial score (nSPS) is 13.4. The predicted molar refractivity (Wildman–Crippen MR) is 101 cm³/mol. The number of carbonyl (C=O) groups is 1. The lowest BCUT2D eigenvalue weighted by Crippen LogP contribution is -2.29. The Hall–Kier alpha value is -1.67. The second kappa shape index (κ2) is 8.35. The van der Waals surface area contributed by atoms with Gasteiger partial charge in [0, 0.05) is 22.4 Å². The molecule has 1 rings (SSSR count). The average molecular weight is 386 g/mol. The summed E-state index contributed by atoms with van der Waals surface area (Å²) < 4.78 is 22.9. The fraction of sp³-hybridized carbons (Fsp3) is 0.611. The lowest BCUT2D eigenvalue weighted by molar-refractivity contribution is -0.385. The number of hydrogen-bond acceptors (Lipinski definition) is 6. The third-order valence-corrected chi connectivity index (χ3v) is 4.17. The van der Waals surface area contributed by atoms with Gasteiger partial charge in [-0.05, 0) is 54.0 Å². The van der Waals surface area contributed by atoms with Crippen molar-refractivity contribution < 1.29 is 18.8 Å². The number of halogens is 1. The molecule has 0 radical (unpaired) electrons. The molecular weight excluding hydrogens is 359 g/mol. The molecule has 0 aliphatic carbocycles. The van der Waals surface area contributed by atoms with Crippen LogP contribution in [0.5, 0.6) is 0 Å². The summed E-state index contributed by atoms with van der Waals surface area (Å²) >= 11 is 1.33. The van der Waals surface area contributed by atoms with E-state index in [0.717, 1.165) is 0 Å². The molecule has 26 heavy (non-hydrogen) atoms. The van der Waals surface area contributed by atoms with Crippen molar-refractivity contribution in [1.29, 1.82) is 0 Å². The Morgan fingerprint density at radius 3 is 2.35 bits per heavy atom. The number of esters is 1. The summed E-state index contributed by atoms with van der Waals surface area (Å²) in [6, 6.07) is 1.60. The zero-order valence-electron chi connectivity index (χ0n) is 16.3. The van der Waals surface area contributed by atoms with E-state index in [1.807, 2.05) is 20.8 Å². The standard InChI is InChI=1S/C18H27FN2O4S/c1-11-8-12(21(23)24)9-13(16(11)19)14(20-26-18(5,6)7)10-15(22)25-17(2,3)4/h8-9,14,20H,10H2,1-7H3/t14-/m0/s1. The second-order valence-corrected chi connectivity index (χ2v) is 9.76. The van der Waals surface area contributed by atoms with Crippen LogP contribution in [0.25, 0.3) is 0 Å². The highest BCUT2D eigenvalue weighted by atomic mass is 32.2. The predicted octanol–water partition coefficient (Wildman–Crippen LogP) is 4.85. The van der Waals surface area contributed by atoms with Crippen molar-refractivity contribution in [2.75, 3.05) is 0 Å². The van der Waals surface area contributed by atoms with E-state index in [4.69, 9.17) is 4.74 Å². The zero-order chi connectivity index (χ0) is 20.3. The highest BCUT2D eigenvalue weighted by Gasteiger charge is 2.27. The Labute approximate surface area is 158 Å². The third-order valence-electron chi connectivity index (χ3n) is 3.15. The van der Waals surface area contributed by atoms with Gasteiger partial charge in [0.25, 0.3) is 5.69 Å². The van der Waals surface area contributed by atoms with Crippen LogP contribution >= 0.6 is 11.9 Å². The monoisotopic (exact) mass is 386 g/mol. The quantitative estimate of drug-likeness (QED) is 0.326. The third kappa shape index (κ3) is 7.29. The van der Waals surface area contributed by atoms with Gasteiger partial charge in [-0.15, -0.1) is 0 Å². The van der Waals surface area contributed by atoms with E-state index in [1.165, 1.54) is 31.0 Å². The number of non-ortho nitro benzene ring substituents is 1. The molecule has 0 aromatic heterocycles. The molecule has 0 aliphatic rings. The van der Waals surface area contributed by atoms with Crippen LogP contribution in [-0.2, 0) is 9.53 Å². The summed E-state index contributed by atoms with van der Waals surface area (Å²) in [6.07, 6.45) is -0.141. The van der Waals surface area contributed by atoms with Crippen molar-refractivity contribution in [3.63, 3.8) is 0 Å². The maximum Gasteiger partial charge on any atom is 0.308 e. The van der Waals surface area contributed by atoms with Crippen LogP contribution in [0.2, 0.25) is 0 Å². The summed E-state index contributed by atoms with van der Waals surface area (Å²) in [5, 5.41) is 11.1. The summed E-state index contributed by atoms with van der Waals surface area (Å²) in [6.45, 7) is 12.6. The first kappa shape index (κ1) is 22.4. The summed E-state index contributed by atoms with van der Waals surface area (Å²) in [5.74, 6) is -1.07. The first-order valence-corrected chi connectivity index (χ1v) is 9.11. The number of nitrogens with one attached hydrogen (secondary N) is 1. The maximum atomic E-state index is 14.7. The van der Waals surface area contributed by atoms with Crippen molar-refractivity contribution in [3.05, 3.63) is 39.2 Å². The zero-order valence-corrected chi connectivity index (χ0v) is 17.1. The molecule has 1 aromatic carbocycles. The van der Waals surface area contributed by atoms with Gasteiger partial charge >= 0.3 is 5.97 Å². The van der Waals surface area contributed by atoms with Gasteiger partial charge in [0.2, 0.25) is 0 Å². The molecular formula is C18H27FN2O4S. The second-order valence-electron chi connectivity index (χ2n) is 8.10. The number of carbonyl (C=O) groups excluding carboxylic acids is 1. The number of ether oxygens (including phenoxy) is 1. The van der Waals surface area contributed by atoms with Gasteiger partial charge in [0.1, 0.15) is 11.4 Å². The van der Waals surface area contributed by atoms with E-state index in [-0.39, 0.29) is 28.0 Å². The minimum Gasteiger partial charge on any atom is -0.460 e. The Morgan fingerprint density at radius 1 is 1.31 bits per heavy atom. The largest absolute Gasteiger partial charge is 0.460 e. The summed E-state index contributed by atoms with van der Waals surface area (Å²) in [4.78, 5) is 22.8. The maximum absolute atomic E-state index is 14.7. The van der Waals surface area contributed by atoms with Gasteiger partial charge < -0.3 is 4.74 Å². The van der Waals surface area contributed by atoms with Crippen LogP contribution < -0.4 is 4.72 Å². The van der Waals surface area contributed by atoms with Gasteiger partial charge in [-0.3, -0.25) is 19.6 Å². The number of rotatable bonds is 6. The van der Waals surface area contributed by atoms with Crippen LogP contribution in [0.3, 0.4) is 0 Å². The van der Waals surface area contributed by atoms with Gasteiger partial charge in [-0.25, -0.2) is 4.39 Å². The first-order valence-electron chi connectivity index (χ1n) is 8.29. The number of hydrogen-bond donors (Lipinski definition) is 1. The molecule has 1 atom stereocenters.